The molecule has 0 saturated heterocycles. The van der Waals surface area contributed by atoms with Crippen LogP contribution in [0.25, 0.3) is 0 Å². The predicted octanol–water partition coefficient (Wildman–Crippen LogP) is 7.25. The summed E-state index contributed by atoms with van der Waals surface area (Å²) in [6.07, 6.45) is 12.0. The maximum Gasteiger partial charge on any atom is 0.138 e. The van der Waals surface area contributed by atoms with E-state index in [0.717, 1.165) is 31.1 Å². The Morgan fingerprint density at radius 3 is 1.90 bits per heavy atom. The van der Waals surface area contributed by atoms with E-state index in [0.29, 0.717) is 51.0 Å². The van der Waals surface area contributed by atoms with Crippen LogP contribution in [-0.2, 0) is 9.59 Å². The number of hydrogen-bond acceptors (Lipinski definition) is 2. The lowest BCUT2D eigenvalue weighted by molar-refractivity contribution is -0.238. The number of rotatable bonds is 1. The Morgan fingerprint density at radius 2 is 1.29 bits per heavy atom. The molecule has 0 N–H and O–H groups in total. The molecule has 5 rings (SSSR count). The predicted molar refractivity (Wildman–Crippen MR) is 126 cm³/mol. The Kier molecular flexibility index (Phi) is 4.62. The van der Waals surface area contributed by atoms with Gasteiger partial charge in [0.1, 0.15) is 11.6 Å². The minimum atomic E-state index is -0.157. The van der Waals surface area contributed by atoms with Crippen LogP contribution in [0.15, 0.2) is 0 Å². The first-order valence-electron chi connectivity index (χ1n) is 13.4. The zero-order valence-electron chi connectivity index (χ0n) is 21.3. The summed E-state index contributed by atoms with van der Waals surface area (Å²) >= 11 is 0. The van der Waals surface area contributed by atoms with E-state index >= 15 is 0 Å². The van der Waals surface area contributed by atoms with Crippen LogP contribution in [0.1, 0.15) is 113 Å². The first-order valence-corrected chi connectivity index (χ1v) is 13.4. The SMILES string of the molecule is CC(=O)[C@@H]1CC[C@@]2(C)[C@@H]1CC[C@]1(C)[C@@H]2CC[C@@H]2[C@@]3(C)CCC(=O)C(C)(C)[C@H]3CC[C@]21C. The van der Waals surface area contributed by atoms with Gasteiger partial charge in [-0.1, -0.05) is 41.5 Å². The fourth-order valence-electron chi connectivity index (χ4n) is 11.5. The van der Waals surface area contributed by atoms with Crippen molar-refractivity contribution < 1.29 is 9.59 Å². The highest BCUT2D eigenvalue weighted by Crippen LogP contribution is 2.77. The average molecular weight is 427 g/mol. The quantitative estimate of drug-likeness (QED) is 0.442. The summed E-state index contributed by atoms with van der Waals surface area (Å²) in [6, 6.07) is 0. The van der Waals surface area contributed by atoms with Crippen LogP contribution in [0.3, 0.4) is 0 Å². The van der Waals surface area contributed by atoms with Crippen molar-refractivity contribution in [3.05, 3.63) is 0 Å². The van der Waals surface area contributed by atoms with Crippen LogP contribution in [-0.4, -0.2) is 11.6 Å². The lowest BCUT2D eigenvalue weighted by Gasteiger charge is -2.72. The maximum absolute atomic E-state index is 12.9. The van der Waals surface area contributed by atoms with Crippen molar-refractivity contribution in [3.8, 4) is 0 Å². The number of Topliss-reactive ketones (excluding diaryl/α,β-unsaturated/α-hetero) is 2. The molecule has 0 amide bonds. The van der Waals surface area contributed by atoms with E-state index in [2.05, 4.69) is 41.5 Å². The number of ketones is 2. The fraction of sp³-hybridized carbons (Fsp3) is 0.931. The van der Waals surface area contributed by atoms with Gasteiger partial charge in [-0.15, -0.1) is 0 Å². The number of hydrogen-bond donors (Lipinski definition) is 0. The first-order chi connectivity index (χ1) is 14.3. The highest BCUT2D eigenvalue weighted by atomic mass is 16.1. The second kappa shape index (κ2) is 6.47. The average Bonchev–Trinajstić information content (AvgIpc) is 3.03. The summed E-state index contributed by atoms with van der Waals surface area (Å²) in [5.74, 6) is 3.91. The van der Waals surface area contributed by atoms with Gasteiger partial charge >= 0.3 is 0 Å². The van der Waals surface area contributed by atoms with E-state index in [1.807, 2.05) is 6.92 Å². The van der Waals surface area contributed by atoms with Crippen molar-refractivity contribution in [2.75, 3.05) is 0 Å². The van der Waals surface area contributed by atoms with Gasteiger partial charge in [-0.3, -0.25) is 9.59 Å². The molecule has 0 unspecified atom stereocenters. The smallest absolute Gasteiger partial charge is 0.138 e. The maximum atomic E-state index is 12.9. The molecule has 0 radical (unpaired) electrons. The second-order valence-corrected chi connectivity index (χ2v) is 14.2. The Bertz CT molecular complexity index is 812. The molecule has 5 fully saturated rings. The molecule has 0 heterocycles. The molecule has 2 nitrogen and oxygen atoms in total. The van der Waals surface area contributed by atoms with Crippen molar-refractivity contribution in [2.24, 2.45) is 56.7 Å². The topological polar surface area (TPSA) is 34.1 Å². The lowest BCUT2D eigenvalue weighted by Crippen LogP contribution is -2.66. The van der Waals surface area contributed by atoms with Gasteiger partial charge in [-0.05, 0) is 110 Å². The lowest BCUT2D eigenvalue weighted by atomic mass is 9.32. The molecule has 0 aromatic rings. The monoisotopic (exact) mass is 426 g/mol. The Morgan fingerprint density at radius 1 is 0.710 bits per heavy atom. The second-order valence-electron chi connectivity index (χ2n) is 14.2. The molecule has 0 aromatic carbocycles. The van der Waals surface area contributed by atoms with Gasteiger partial charge in [0.2, 0.25) is 0 Å². The summed E-state index contributed by atoms with van der Waals surface area (Å²) < 4.78 is 0. The third kappa shape index (κ3) is 2.52. The molecule has 9 atom stereocenters. The number of fused-ring (bicyclic) bond motifs is 7. The van der Waals surface area contributed by atoms with Crippen molar-refractivity contribution in [2.45, 2.75) is 113 Å². The van der Waals surface area contributed by atoms with Gasteiger partial charge in [0.05, 0.1) is 0 Å². The van der Waals surface area contributed by atoms with Gasteiger partial charge in [0.15, 0.2) is 0 Å². The summed E-state index contributed by atoms with van der Waals surface area (Å²) in [5.41, 5.74) is 1.22. The van der Waals surface area contributed by atoms with E-state index in [1.165, 1.54) is 44.9 Å². The summed E-state index contributed by atoms with van der Waals surface area (Å²) in [6.45, 7) is 16.8. The van der Waals surface area contributed by atoms with Crippen molar-refractivity contribution >= 4 is 11.6 Å². The highest BCUT2D eigenvalue weighted by Gasteiger charge is 2.70. The summed E-state index contributed by atoms with van der Waals surface area (Å²) in [4.78, 5) is 25.3. The van der Waals surface area contributed by atoms with Crippen molar-refractivity contribution in [1.29, 1.82) is 0 Å². The molecule has 5 aliphatic rings. The first kappa shape index (κ1) is 22.1. The van der Waals surface area contributed by atoms with E-state index in [1.54, 1.807) is 0 Å². The fourth-order valence-corrected chi connectivity index (χ4v) is 11.5. The molecule has 2 heteroatoms. The Balaban J connectivity index is 1.53. The van der Waals surface area contributed by atoms with Crippen LogP contribution < -0.4 is 0 Å². The van der Waals surface area contributed by atoms with Gasteiger partial charge < -0.3 is 0 Å². The minimum absolute atomic E-state index is 0.157. The summed E-state index contributed by atoms with van der Waals surface area (Å²) in [7, 11) is 0. The molecular weight excluding hydrogens is 380 g/mol. The van der Waals surface area contributed by atoms with Crippen molar-refractivity contribution in [1.82, 2.24) is 0 Å². The van der Waals surface area contributed by atoms with Gasteiger partial charge in [-0.25, -0.2) is 0 Å². The molecule has 5 saturated carbocycles. The van der Waals surface area contributed by atoms with Crippen LogP contribution in [0.5, 0.6) is 0 Å². The molecule has 0 aromatic heterocycles. The normalized spacial score (nSPS) is 55.6. The van der Waals surface area contributed by atoms with Gasteiger partial charge in [0, 0.05) is 17.8 Å². The molecule has 174 valence electrons. The molecule has 0 aliphatic heterocycles. The van der Waals surface area contributed by atoms with Crippen molar-refractivity contribution in [3.63, 3.8) is 0 Å². The highest BCUT2D eigenvalue weighted by molar-refractivity contribution is 5.85. The van der Waals surface area contributed by atoms with E-state index in [-0.39, 0.29) is 5.41 Å². The molecule has 5 aliphatic carbocycles. The van der Waals surface area contributed by atoms with E-state index in [9.17, 15) is 9.59 Å². The summed E-state index contributed by atoms with van der Waals surface area (Å²) in [5, 5.41) is 0. The molecule has 0 bridgehead atoms. The van der Waals surface area contributed by atoms with Crippen LogP contribution >= 0.6 is 0 Å². The zero-order valence-corrected chi connectivity index (χ0v) is 21.3. The Labute approximate surface area is 190 Å². The third-order valence-corrected chi connectivity index (χ3v) is 13.2. The number of carbonyl (C=O) groups excluding carboxylic acids is 2. The van der Waals surface area contributed by atoms with Crippen LogP contribution in [0.2, 0.25) is 0 Å². The van der Waals surface area contributed by atoms with Crippen LogP contribution in [0, 0.1) is 56.7 Å². The molecule has 0 spiro atoms. The molecule has 31 heavy (non-hydrogen) atoms. The largest absolute Gasteiger partial charge is 0.300 e. The third-order valence-electron chi connectivity index (χ3n) is 13.2. The Hall–Kier alpha value is -0.660. The van der Waals surface area contributed by atoms with E-state index < -0.39 is 0 Å². The van der Waals surface area contributed by atoms with Gasteiger partial charge in [-0.2, -0.15) is 0 Å². The standard InChI is InChI=1S/C29H46O2/c1-18(30)19-10-14-26(4)20(19)11-16-28(6)22(26)8-9-23-27(5)15-13-24(31)25(2,3)21(27)12-17-29(23,28)7/h19-23H,8-17H2,1-7H3/t19-,20+,21+,22+,23+,26-,27-,28+,29+/m0/s1. The molecular formula is C29H46O2. The van der Waals surface area contributed by atoms with E-state index in [4.69, 9.17) is 0 Å². The van der Waals surface area contributed by atoms with Crippen LogP contribution in [0.4, 0.5) is 0 Å². The zero-order chi connectivity index (χ0) is 22.6. The number of carbonyl (C=O) groups is 2. The van der Waals surface area contributed by atoms with Gasteiger partial charge in [0.25, 0.3) is 0 Å². The minimum Gasteiger partial charge on any atom is -0.300 e.